The molecule has 1 heterocycles. The van der Waals surface area contributed by atoms with Gasteiger partial charge in [-0.2, -0.15) is 0 Å². The van der Waals surface area contributed by atoms with Gasteiger partial charge in [-0.15, -0.1) is 0 Å². The van der Waals surface area contributed by atoms with Crippen LogP contribution in [0.5, 0.6) is 0 Å². The third-order valence-corrected chi connectivity index (χ3v) is 4.09. The van der Waals surface area contributed by atoms with Gasteiger partial charge in [0.05, 0.1) is 6.54 Å². The van der Waals surface area contributed by atoms with Gasteiger partial charge in [-0.25, -0.2) is 0 Å². The molecule has 4 nitrogen and oxygen atoms in total. The van der Waals surface area contributed by atoms with Gasteiger partial charge in [-0.1, -0.05) is 6.08 Å². The highest BCUT2D eigenvalue weighted by Gasteiger charge is 2.27. The molecule has 0 spiro atoms. The van der Waals surface area contributed by atoms with Crippen molar-refractivity contribution in [2.24, 2.45) is 5.73 Å². The van der Waals surface area contributed by atoms with Crippen LogP contribution >= 0.6 is 0 Å². The van der Waals surface area contributed by atoms with E-state index in [1.807, 2.05) is 4.90 Å². The molecule has 1 fully saturated rings. The van der Waals surface area contributed by atoms with Crippen molar-refractivity contribution in [1.29, 1.82) is 0 Å². The summed E-state index contributed by atoms with van der Waals surface area (Å²) in [7, 11) is 0. The first-order valence-corrected chi connectivity index (χ1v) is 7.19. The summed E-state index contributed by atoms with van der Waals surface area (Å²) in [5.74, 6) is 0.242. The lowest BCUT2D eigenvalue weighted by molar-refractivity contribution is -0.130. The van der Waals surface area contributed by atoms with Crippen LogP contribution in [0.25, 0.3) is 0 Å². The van der Waals surface area contributed by atoms with Crippen molar-refractivity contribution in [2.75, 3.05) is 26.2 Å². The molecule has 2 rings (SSSR count). The Morgan fingerprint density at radius 1 is 1.56 bits per heavy atom. The highest BCUT2D eigenvalue weighted by molar-refractivity contribution is 5.80. The maximum atomic E-state index is 12.4. The minimum Gasteiger partial charge on any atom is -0.329 e. The van der Waals surface area contributed by atoms with Crippen molar-refractivity contribution in [3.63, 3.8) is 0 Å². The Morgan fingerprint density at radius 2 is 2.39 bits per heavy atom. The van der Waals surface area contributed by atoms with Crippen molar-refractivity contribution in [3.8, 4) is 0 Å². The summed E-state index contributed by atoms with van der Waals surface area (Å²) in [4.78, 5) is 16.6. The van der Waals surface area contributed by atoms with E-state index in [9.17, 15) is 4.79 Å². The molecule has 2 N–H and O–H groups in total. The molecule has 1 saturated heterocycles. The van der Waals surface area contributed by atoms with Gasteiger partial charge in [0.25, 0.3) is 0 Å². The molecule has 0 saturated carbocycles. The zero-order valence-corrected chi connectivity index (χ0v) is 11.4. The van der Waals surface area contributed by atoms with Gasteiger partial charge < -0.3 is 10.6 Å². The molecule has 18 heavy (non-hydrogen) atoms. The highest BCUT2D eigenvalue weighted by Crippen LogP contribution is 2.22. The van der Waals surface area contributed by atoms with E-state index in [4.69, 9.17) is 5.73 Å². The Bertz CT molecular complexity index is 327. The van der Waals surface area contributed by atoms with Crippen molar-refractivity contribution >= 4 is 5.91 Å². The summed E-state index contributed by atoms with van der Waals surface area (Å²) in [5.41, 5.74) is 6.98. The Hall–Kier alpha value is -0.870. The van der Waals surface area contributed by atoms with Gasteiger partial charge in [0.2, 0.25) is 5.91 Å². The Kier molecular flexibility index (Phi) is 4.78. The molecule has 0 aromatic rings. The number of hydrogen-bond donors (Lipinski definition) is 1. The minimum absolute atomic E-state index is 0.242. The highest BCUT2D eigenvalue weighted by atomic mass is 16.2. The first-order chi connectivity index (χ1) is 8.76. The molecule has 0 aromatic carbocycles. The monoisotopic (exact) mass is 251 g/mol. The van der Waals surface area contributed by atoms with Crippen LogP contribution in [0.2, 0.25) is 0 Å². The first kappa shape index (κ1) is 13.6. The largest absolute Gasteiger partial charge is 0.329 e. The molecular weight excluding hydrogens is 226 g/mol. The molecule has 1 unspecified atom stereocenters. The van der Waals surface area contributed by atoms with Gasteiger partial charge in [-0.05, 0) is 45.6 Å². The molecule has 4 heteroatoms. The van der Waals surface area contributed by atoms with Crippen molar-refractivity contribution in [1.82, 2.24) is 9.80 Å². The topological polar surface area (TPSA) is 49.6 Å². The van der Waals surface area contributed by atoms with Crippen LogP contribution < -0.4 is 5.73 Å². The molecule has 1 aliphatic heterocycles. The third-order valence-electron chi connectivity index (χ3n) is 4.09. The molecular formula is C14H25N3O. The van der Waals surface area contributed by atoms with Crippen molar-refractivity contribution < 1.29 is 4.79 Å². The zero-order valence-electron chi connectivity index (χ0n) is 11.4. The molecule has 0 radical (unpaired) electrons. The lowest BCUT2D eigenvalue weighted by Crippen LogP contribution is -2.43. The second-order valence-corrected chi connectivity index (χ2v) is 5.23. The number of amides is 1. The number of nitrogens with two attached hydrogens (primary N) is 1. The number of allylic oxidation sites excluding steroid dienone is 2. The summed E-state index contributed by atoms with van der Waals surface area (Å²) in [6.45, 7) is 5.06. The average Bonchev–Trinajstić information content (AvgIpc) is 3.01. The number of carbonyl (C=O) groups excluding carboxylic acids is 1. The van der Waals surface area contributed by atoms with E-state index in [1.165, 1.54) is 18.5 Å². The van der Waals surface area contributed by atoms with Crippen LogP contribution in [0.15, 0.2) is 11.8 Å². The summed E-state index contributed by atoms with van der Waals surface area (Å²) >= 11 is 0. The van der Waals surface area contributed by atoms with Crippen LogP contribution in [-0.4, -0.2) is 47.9 Å². The van der Waals surface area contributed by atoms with Crippen LogP contribution in [0.3, 0.4) is 0 Å². The predicted molar refractivity (Wildman–Crippen MR) is 73.0 cm³/mol. The SMILES string of the molecule is CCN(C(=O)CN1CCCC1CN)C1=CCCC1. The van der Waals surface area contributed by atoms with E-state index in [1.54, 1.807) is 0 Å². The van der Waals surface area contributed by atoms with E-state index in [0.29, 0.717) is 19.1 Å². The Labute approximate surface area is 110 Å². The van der Waals surface area contributed by atoms with Crippen molar-refractivity contribution in [2.45, 2.75) is 45.1 Å². The second kappa shape index (κ2) is 6.34. The molecule has 102 valence electrons. The van der Waals surface area contributed by atoms with Gasteiger partial charge >= 0.3 is 0 Å². The standard InChI is InChI=1S/C14H25N3O/c1-2-17(12-6-3-4-7-12)14(18)11-16-9-5-8-13(16)10-15/h6,13H,2-5,7-11,15H2,1H3. The fourth-order valence-corrected chi connectivity index (χ4v) is 3.07. The lowest BCUT2D eigenvalue weighted by atomic mass is 10.2. The number of rotatable bonds is 5. The maximum absolute atomic E-state index is 12.4. The van der Waals surface area contributed by atoms with E-state index in [-0.39, 0.29) is 5.91 Å². The molecule has 0 bridgehead atoms. The van der Waals surface area contributed by atoms with E-state index in [2.05, 4.69) is 17.9 Å². The minimum atomic E-state index is 0.242. The fraction of sp³-hybridized carbons (Fsp3) is 0.786. The second-order valence-electron chi connectivity index (χ2n) is 5.23. The number of likely N-dealkylation sites (tertiary alicyclic amines) is 1. The van der Waals surface area contributed by atoms with Crippen LogP contribution in [0.1, 0.15) is 39.0 Å². The normalized spacial score (nSPS) is 24.3. The number of likely N-dealkylation sites (N-methyl/N-ethyl adjacent to an activating group) is 1. The fourth-order valence-electron chi connectivity index (χ4n) is 3.07. The summed E-state index contributed by atoms with van der Waals surface area (Å²) in [6, 6.07) is 0.408. The molecule has 0 aromatic heterocycles. The molecule has 1 aliphatic carbocycles. The molecule has 1 atom stereocenters. The number of nitrogens with zero attached hydrogens (tertiary/aromatic N) is 2. The van der Waals surface area contributed by atoms with Crippen LogP contribution in [0, 0.1) is 0 Å². The predicted octanol–water partition coefficient (Wildman–Crippen LogP) is 1.33. The molecule has 2 aliphatic rings. The van der Waals surface area contributed by atoms with E-state index in [0.717, 1.165) is 32.4 Å². The van der Waals surface area contributed by atoms with Gasteiger partial charge in [0.1, 0.15) is 0 Å². The van der Waals surface area contributed by atoms with Crippen LogP contribution in [0.4, 0.5) is 0 Å². The summed E-state index contributed by atoms with van der Waals surface area (Å²) < 4.78 is 0. The van der Waals surface area contributed by atoms with Gasteiger partial charge in [-0.3, -0.25) is 9.69 Å². The van der Waals surface area contributed by atoms with Crippen molar-refractivity contribution in [3.05, 3.63) is 11.8 Å². The Morgan fingerprint density at radius 3 is 3.00 bits per heavy atom. The summed E-state index contributed by atoms with van der Waals surface area (Å²) in [5, 5.41) is 0. The first-order valence-electron chi connectivity index (χ1n) is 7.19. The average molecular weight is 251 g/mol. The van der Waals surface area contributed by atoms with E-state index < -0.39 is 0 Å². The zero-order chi connectivity index (χ0) is 13.0. The number of hydrogen-bond acceptors (Lipinski definition) is 3. The molecule has 1 amide bonds. The third kappa shape index (κ3) is 2.93. The van der Waals surface area contributed by atoms with Gasteiger partial charge in [0.15, 0.2) is 0 Å². The number of carbonyl (C=O) groups is 1. The maximum Gasteiger partial charge on any atom is 0.240 e. The van der Waals surface area contributed by atoms with Gasteiger partial charge in [0, 0.05) is 24.8 Å². The quantitative estimate of drug-likeness (QED) is 0.802. The Balaban J connectivity index is 1.93. The smallest absolute Gasteiger partial charge is 0.240 e. The van der Waals surface area contributed by atoms with Crippen LogP contribution in [-0.2, 0) is 4.79 Å². The van der Waals surface area contributed by atoms with E-state index >= 15 is 0 Å². The lowest BCUT2D eigenvalue weighted by Gasteiger charge is -2.28. The summed E-state index contributed by atoms with van der Waals surface area (Å²) in [6.07, 6.45) is 7.89.